The highest BCUT2D eigenvalue weighted by Crippen LogP contribution is 2.39. The Morgan fingerprint density at radius 1 is 0.656 bits per heavy atom. The van der Waals surface area contributed by atoms with Crippen molar-refractivity contribution in [1.82, 2.24) is 5.32 Å². The second kappa shape index (κ2) is 9.88. The lowest BCUT2D eigenvalue weighted by Crippen LogP contribution is -2.50. The maximum absolute atomic E-state index is 14.2. The molecule has 0 saturated carbocycles. The Balaban J connectivity index is 1.83. The minimum Gasteiger partial charge on any atom is -0.345 e. The average Bonchev–Trinajstić information content (AvgIpc) is 2.87. The molecule has 0 saturated heterocycles. The Kier molecular flexibility index (Phi) is 6.57. The van der Waals surface area contributed by atoms with Gasteiger partial charge in [-0.15, -0.1) is 0 Å². The molecule has 0 aromatic heterocycles. The molecule has 0 radical (unpaired) electrons. The van der Waals surface area contributed by atoms with Gasteiger partial charge in [0, 0.05) is 0 Å². The number of benzene rings is 4. The van der Waals surface area contributed by atoms with E-state index in [4.69, 9.17) is 0 Å². The first-order valence-corrected chi connectivity index (χ1v) is 10.7. The van der Waals surface area contributed by atoms with Gasteiger partial charge >= 0.3 is 0 Å². The van der Waals surface area contributed by atoms with Crippen molar-refractivity contribution in [2.75, 3.05) is 0 Å². The quantitative estimate of drug-likeness (QED) is 0.325. The van der Waals surface area contributed by atoms with E-state index >= 15 is 0 Å². The molecule has 1 N–H and O–H groups in total. The van der Waals surface area contributed by atoms with Crippen LogP contribution in [-0.4, -0.2) is 18.2 Å². The first kappa shape index (κ1) is 21.3. The monoisotopic (exact) mass is 419 g/mol. The molecule has 3 nitrogen and oxygen atoms in total. The fourth-order valence-electron chi connectivity index (χ4n) is 4.24. The van der Waals surface area contributed by atoms with Gasteiger partial charge in [0.1, 0.15) is 11.7 Å². The van der Waals surface area contributed by atoms with Crippen molar-refractivity contribution in [2.24, 2.45) is 0 Å². The zero-order chi connectivity index (χ0) is 22.2. The van der Waals surface area contributed by atoms with Crippen LogP contribution in [0, 0.1) is 0 Å². The van der Waals surface area contributed by atoms with Crippen molar-refractivity contribution < 1.29 is 9.59 Å². The first-order valence-electron chi connectivity index (χ1n) is 10.7. The molecule has 32 heavy (non-hydrogen) atoms. The molecule has 0 spiro atoms. The number of hydrogen-bond donors (Lipinski definition) is 1. The predicted molar refractivity (Wildman–Crippen MR) is 127 cm³/mol. The van der Waals surface area contributed by atoms with Crippen LogP contribution in [0.5, 0.6) is 0 Å². The molecule has 1 amide bonds. The zero-order valence-corrected chi connectivity index (χ0v) is 17.7. The summed E-state index contributed by atoms with van der Waals surface area (Å²) in [5.41, 5.74) is 2.44. The Labute approximate surface area is 188 Å². The summed E-state index contributed by atoms with van der Waals surface area (Å²) >= 11 is 0. The van der Waals surface area contributed by atoms with Gasteiger partial charge in [0.25, 0.3) is 0 Å². The SMILES string of the molecule is O=C[C@H](Cc1ccccc1)NC(=O)C(c1ccccc1)(c1ccccc1)c1ccccc1. The summed E-state index contributed by atoms with van der Waals surface area (Å²) in [5.74, 6) is -0.228. The van der Waals surface area contributed by atoms with Gasteiger partial charge in [0.15, 0.2) is 0 Å². The smallest absolute Gasteiger partial charge is 0.240 e. The van der Waals surface area contributed by atoms with Gasteiger partial charge in [-0.25, -0.2) is 0 Å². The number of amides is 1. The average molecular weight is 420 g/mol. The van der Waals surface area contributed by atoms with E-state index in [9.17, 15) is 9.59 Å². The van der Waals surface area contributed by atoms with Crippen molar-refractivity contribution in [3.05, 3.63) is 144 Å². The number of hydrogen-bond acceptors (Lipinski definition) is 2. The number of rotatable bonds is 8. The maximum Gasteiger partial charge on any atom is 0.240 e. The Hall–Kier alpha value is -3.98. The molecule has 0 aliphatic rings. The van der Waals surface area contributed by atoms with Crippen LogP contribution in [0.1, 0.15) is 22.3 Å². The van der Waals surface area contributed by atoms with Crippen LogP contribution in [0.2, 0.25) is 0 Å². The summed E-state index contributed by atoms with van der Waals surface area (Å²) in [7, 11) is 0. The molecule has 1 atom stereocenters. The highest BCUT2D eigenvalue weighted by molar-refractivity contribution is 5.97. The highest BCUT2D eigenvalue weighted by atomic mass is 16.2. The lowest BCUT2D eigenvalue weighted by atomic mass is 9.68. The van der Waals surface area contributed by atoms with Gasteiger partial charge in [-0.05, 0) is 28.7 Å². The molecule has 0 bridgehead atoms. The van der Waals surface area contributed by atoms with E-state index in [1.54, 1.807) is 0 Å². The van der Waals surface area contributed by atoms with Crippen LogP contribution in [0.25, 0.3) is 0 Å². The third-order valence-electron chi connectivity index (χ3n) is 5.74. The lowest BCUT2D eigenvalue weighted by Gasteiger charge is -2.35. The molecule has 4 rings (SSSR count). The van der Waals surface area contributed by atoms with Gasteiger partial charge < -0.3 is 10.1 Å². The molecule has 0 unspecified atom stereocenters. The van der Waals surface area contributed by atoms with Gasteiger partial charge in [-0.2, -0.15) is 0 Å². The summed E-state index contributed by atoms with van der Waals surface area (Å²) in [6.45, 7) is 0. The van der Waals surface area contributed by atoms with E-state index in [0.29, 0.717) is 6.42 Å². The summed E-state index contributed by atoms with van der Waals surface area (Å²) < 4.78 is 0. The van der Waals surface area contributed by atoms with Crippen LogP contribution in [0.4, 0.5) is 0 Å². The number of carbonyl (C=O) groups excluding carboxylic acids is 2. The highest BCUT2D eigenvalue weighted by Gasteiger charge is 2.44. The standard InChI is InChI=1S/C29H25NO2/c31-22-27(21-23-13-5-1-6-14-23)30-28(32)29(24-15-7-2-8-16-24,25-17-9-3-10-18-25)26-19-11-4-12-20-26/h1-20,22,27H,21H2,(H,30,32)/t27-/m0/s1. The molecule has 0 aliphatic carbocycles. The minimum absolute atomic E-state index is 0.228. The molecular formula is C29H25NO2. The van der Waals surface area contributed by atoms with E-state index in [0.717, 1.165) is 28.5 Å². The van der Waals surface area contributed by atoms with Crippen LogP contribution >= 0.6 is 0 Å². The van der Waals surface area contributed by atoms with Crippen LogP contribution in [-0.2, 0) is 21.4 Å². The second-order valence-electron chi connectivity index (χ2n) is 7.75. The number of aldehydes is 1. The maximum atomic E-state index is 14.2. The fraction of sp³-hybridized carbons (Fsp3) is 0.103. The largest absolute Gasteiger partial charge is 0.345 e. The molecule has 0 aliphatic heterocycles. The van der Waals surface area contributed by atoms with E-state index < -0.39 is 11.5 Å². The van der Waals surface area contributed by atoms with E-state index in [1.807, 2.05) is 121 Å². The Bertz CT molecular complexity index is 1050. The van der Waals surface area contributed by atoms with E-state index in [2.05, 4.69) is 5.32 Å². The molecular weight excluding hydrogens is 394 g/mol. The number of carbonyl (C=O) groups is 2. The summed E-state index contributed by atoms with van der Waals surface area (Å²) in [6.07, 6.45) is 1.25. The molecule has 3 heteroatoms. The van der Waals surface area contributed by atoms with Crippen molar-refractivity contribution in [2.45, 2.75) is 17.9 Å². The fourth-order valence-corrected chi connectivity index (χ4v) is 4.24. The molecule has 0 heterocycles. The van der Waals surface area contributed by atoms with Crippen molar-refractivity contribution >= 4 is 12.2 Å². The van der Waals surface area contributed by atoms with Gasteiger partial charge in [-0.3, -0.25) is 4.79 Å². The van der Waals surface area contributed by atoms with Gasteiger partial charge in [-0.1, -0.05) is 121 Å². The van der Waals surface area contributed by atoms with Crippen molar-refractivity contribution in [1.29, 1.82) is 0 Å². The van der Waals surface area contributed by atoms with Crippen molar-refractivity contribution in [3.63, 3.8) is 0 Å². The predicted octanol–water partition coefficient (Wildman–Crippen LogP) is 4.95. The molecule has 4 aromatic rings. The van der Waals surface area contributed by atoms with Crippen LogP contribution in [0.15, 0.2) is 121 Å². The summed E-state index contributed by atoms with van der Waals surface area (Å²) in [6, 6.07) is 38.3. The third-order valence-corrected chi connectivity index (χ3v) is 5.74. The molecule has 4 aromatic carbocycles. The summed E-state index contributed by atoms with van der Waals surface area (Å²) in [5, 5.41) is 3.04. The van der Waals surface area contributed by atoms with E-state index in [-0.39, 0.29) is 5.91 Å². The second-order valence-corrected chi connectivity index (χ2v) is 7.75. The normalized spacial score (nSPS) is 12.0. The Morgan fingerprint density at radius 2 is 1.03 bits per heavy atom. The molecule has 0 fully saturated rings. The topological polar surface area (TPSA) is 46.2 Å². The number of nitrogens with one attached hydrogen (secondary N) is 1. The van der Waals surface area contributed by atoms with Crippen molar-refractivity contribution in [3.8, 4) is 0 Å². The summed E-state index contributed by atoms with van der Waals surface area (Å²) in [4.78, 5) is 26.1. The van der Waals surface area contributed by atoms with Gasteiger partial charge in [0.05, 0.1) is 6.04 Å². The lowest BCUT2D eigenvalue weighted by molar-refractivity contribution is -0.126. The first-order chi connectivity index (χ1) is 15.7. The van der Waals surface area contributed by atoms with Crippen LogP contribution in [0.3, 0.4) is 0 Å². The van der Waals surface area contributed by atoms with E-state index in [1.165, 1.54) is 0 Å². The van der Waals surface area contributed by atoms with Gasteiger partial charge in [0.2, 0.25) is 5.91 Å². The zero-order valence-electron chi connectivity index (χ0n) is 17.7. The molecule has 158 valence electrons. The minimum atomic E-state index is -1.10. The third kappa shape index (κ3) is 4.23. The van der Waals surface area contributed by atoms with Crippen LogP contribution < -0.4 is 5.32 Å². The Morgan fingerprint density at radius 3 is 1.41 bits per heavy atom.